The first-order valence-electron chi connectivity index (χ1n) is 10.6. The third kappa shape index (κ3) is 4.91. The van der Waals surface area contributed by atoms with Gasteiger partial charge in [-0.25, -0.2) is 9.82 Å². The normalized spacial score (nSPS) is 13.6. The molecule has 3 aromatic rings. The number of amides is 1. The van der Waals surface area contributed by atoms with Crippen molar-refractivity contribution >= 4 is 27.3 Å². The van der Waals surface area contributed by atoms with Gasteiger partial charge in [0.05, 0.1) is 17.0 Å². The van der Waals surface area contributed by atoms with Gasteiger partial charge in [0.1, 0.15) is 5.82 Å². The Bertz CT molecular complexity index is 1300. The summed E-state index contributed by atoms with van der Waals surface area (Å²) in [6, 6.07) is 17.8. The Morgan fingerprint density at radius 1 is 1.06 bits per heavy atom. The lowest BCUT2D eigenvalue weighted by Gasteiger charge is -2.23. The van der Waals surface area contributed by atoms with Crippen LogP contribution >= 0.6 is 0 Å². The third-order valence-corrected chi connectivity index (χ3v) is 7.17. The molecule has 1 aliphatic heterocycles. The van der Waals surface area contributed by atoms with Crippen LogP contribution in [0, 0.1) is 5.82 Å². The number of halogens is 1. The second-order valence-corrected chi connectivity index (χ2v) is 10.9. The Morgan fingerprint density at radius 3 is 2.48 bits per heavy atom. The quantitative estimate of drug-likeness (QED) is 0.578. The minimum Gasteiger partial charge on any atom is -0.326 e. The predicted molar refractivity (Wildman–Crippen MR) is 127 cm³/mol. The van der Waals surface area contributed by atoms with Crippen LogP contribution in [0.3, 0.4) is 0 Å². The molecule has 0 bridgehead atoms. The summed E-state index contributed by atoms with van der Waals surface area (Å²) in [6.45, 7) is 6.45. The molecule has 3 aromatic carbocycles. The lowest BCUT2D eigenvalue weighted by atomic mass is 9.87. The second-order valence-electron chi connectivity index (χ2n) is 9.08. The Kier molecular flexibility index (Phi) is 5.99. The number of sulfonamides is 1. The number of hydrogen-bond donors (Lipinski definition) is 2. The summed E-state index contributed by atoms with van der Waals surface area (Å²) < 4.78 is 41.1. The molecule has 0 saturated heterocycles. The zero-order chi connectivity index (χ0) is 23.8. The number of benzene rings is 3. The molecule has 0 spiro atoms. The molecule has 0 atom stereocenters. The van der Waals surface area contributed by atoms with Crippen LogP contribution in [0.1, 0.15) is 37.5 Å². The summed E-state index contributed by atoms with van der Waals surface area (Å²) in [6.07, 6.45) is 0.0806. The minimum absolute atomic E-state index is 0.0806. The number of anilines is 2. The molecule has 8 heteroatoms. The Hall–Kier alpha value is -3.23. The lowest BCUT2D eigenvalue weighted by Crippen LogP contribution is -2.38. The van der Waals surface area contributed by atoms with Crippen LogP contribution in [0.25, 0.3) is 0 Å². The molecule has 6 nitrogen and oxygen atoms in total. The molecule has 0 unspecified atom stereocenters. The van der Waals surface area contributed by atoms with Crippen LogP contribution in [-0.4, -0.2) is 14.3 Å². The van der Waals surface area contributed by atoms with E-state index in [0.29, 0.717) is 23.5 Å². The second kappa shape index (κ2) is 8.61. The minimum atomic E-state index is -3.86. The van der Waals surface area contributed by atoms with Gasteiger partial charge in [0.15, 0.2) is 0 Å². The summed E-state index contributed by atoms with van der Waals surface area (Å²) in [5.41, 5.74) is 6.11. The fourth-order valence-corrected chi connectivity index (χ4v) is 5.06. The smallest absolute Gasteiger partial charge is 0.277 e. The monoisotopic (exact) mass is 467 g/mol. The highest BCUT2D eigenvalue weighted by atomic mass is 32.2. The topological polar surface area (TPSA) is 78.5 Å². The van der Waals surface area contributed by atoms with Crippen molar-refractivity contribution in [3.63, 3.8) is 0 Å². The maximum atomic E-state index is 13.4. The van der Waals surface area contributed by atoms with E-state index in [0.717, 1.165) is 11.1 Å². The van der Waals surface area contributed by atoms with Crippen molar-refractivity contribution in [1.82, 2.24) is 5.43 Å². The van der Waals surface area contributed by atoms with Crippen LogP contribution in [-0.2, 0) is 33.2 Å². The number of carbonyl (C=O) groups excluding carboxylic acids is 1. The van der Waals surface area contributed by atoms with Gasteiger partial charge in [0.25, 0.3) is 10.0 Å². The van der Waals surface area contributed by atoms with Crippen molar-refractivity contribution in [3.05, 3.63) is 89.2 Å². The Balaban J connectivity index is 1.57. The summed E-state index contributed by atoms with van der Waals surface area (Å²) in [4.78, 5) is 12.6. The van der Waals surface area contributed by atoms with E-state index in [1.807, 2.05) is 26.8 Å². The number of nitrogens with one attached hydrogen (secondary N) is 2. The molecule has 1 heterocycles. The first-order chi connectivity index (χ1) is 15.5. The first kappa shape index (κ1) is 22.9. The summed E-state index contributed by atoms with van der Waals surface area (Å²) in [5.74, 6) is -0.639. The van der Waals surface area contributed by atoms with Gasteiger partial charge in [-0.3, -0.25) is 4.79 Å². The zero-order valence-electron chi connectivity index (χ0n) is 18.7. The van der Waals surface area contributed by atoms with Crippen LogP contribution < -0.4 is 15.2 Å². The highest BCUT2D eigenvalue weighted by Crippen LogP contribution is 2.34. The highest BCUT2D eigenvalue weighted by molar-refractivity contribution is 7.92. The summed E-state index contributed by atoms with van der Waals surface area (Å²) >= 11 is 0. The van der Waals surface area contributed by atoms with Crippen molar-refractivity contribution < 1.29 is 17.6 Å². The van der Waals surface area contributed by atoms with Crippen LogP contribution in [0.2, 0.25) is 0 Å². The van der Waals surface area contributed by atoms with Gasteiger partial charge in [0.2, 0.25) is 5.91 Å². The van der Waals surface area contributed by atoms with Gasteiger partial charge >= 0.3 is 0 Å². The Labute approximate surface area is 193 Å². The van der Waals surface area contributed by atoms with Gasteiger partial charge in [-0.1, -0.05) is 51.1 Å². The maximum absolute atomic E-state index is 13.4. The zero-order valence-corrected chi connectivity index (χ0v) is 19.5. The van der Waals surface area contributed by atoms with Crippen LogP contribution in [0.5, 0.6) is 0 Å². The average molecular weight is 468 g/mol. The summed E-state index contributed by atoms with van der Waals surface area (Å²) in [5, 5.41) is 2.79. The van der Waals surface area contributed by atoms with Crippen molar-refractivity contribution in [1.29, 1.82) is 0 Å². The molecule has 0 radical (unpaired) electrons. The standard InChI is InChI=1S/C25H26FN3O3S/c1-25(2,3)19-5-4-6-22(14-19)33(31,32)29-23-15-21(12-9-18(23)16-27-29)28-24(30)13-17-7-10-20(26)11-8-17/h4-12,14-15,27H,13,16H2,1-3H3,(H,28,30). The summed E-state index contributed by atoms with van der Waals surface area (Å²) in [7, 11) is -3.86. The van der Waals surface area contributed by atoms with E-state index in [9.17, 15) is 17.6 Å². The first-order valence-corrected chi connectivity index (χ1v) is 12.0. The highest BCUT2D eigenvalue weighted by Gasteiger charge is 2.32. The number of hydrazine groups is 1. The molecule has 0 aliphatic carbocycles. The van der Waals surface area contributed by atoms with Gasteiger partial charge in [-0.15, -0.1) is 0 Å². The number of fused-ring (bicyclic) bond motifs is 1. The number of hydrogen-bond acceptors (Lipinski definition) is 4. The Morgan fingerprint density at radius 2 is 1.79 bits per heavy atom. The van der Waals surface area contributed by atoms with E-state index in [1.165, 1.54) is 16.5 Å². The van der Waals surface area contributed by atoms with Gasteiger partial charge in [0, 0.05) is 12.2 Å². The van der Waals surface area contributed by atoms with E-state index in [2.05, 4.69) is 10.7 Å². The van der Waals surface area contributed by atoms with Gasteiger partial charge in [-0.05, 0) is 58.5 Å². The van der Waals surface area contributed by atoms with E-state index in [-0.39, 0.29) is 28.5 Å². The molecule has 0 aromatic heterocycles. The fourth-order valence-electron chi connectivity index (χ4n) is 3.66. The van der Waals surface area contributed by atoms with E-state index in [4.69, 9.17) is 0 Å². The van der Waals surface area contributed by atoms with Crippen molar-refractivity contribution in [3.8, 4) is 0 Å². The lowest BCUT2D eigenvalue weighted by molar-refractivity contribution is -0.115. The van der Waals surface area contributed by atoms with Crippen molar-refractivity contribution in [2.24, 2.45) is 0 Å². The molecule has 0 saturated carbocycles. The predicted octanol–water partition coefficient (Wildman–Crippen LogP) is 4.52. The van der Waals surface area contributed by atoms with Crippen molar-refractivity contribution in [2.75, 3.05) is 9.73 Å². The molecule has 1 amide bonds. The molecule has 172 valence electrons. The van der Waals surface area contributed by atoms with Gasteiger partial charge < -0.3 is 5.32 Å². The SMILES string of the molecule is CC(C)(C)c1cccc(S(=O)(=O)N2NCc3ccc(NC(=O)Cc4ccc(F)cc4)cc32)c1. The molecule has 33 heavy (non-hydrogen) atoms. The number of nitrogens with zero attached hydrogens (tertiary/aromatic N) is 1. The molecular formula is C25H26FN3O3S. The molecular weight excluding hydrogens is 441 g/mol. The largest absolute Gasteiger partial charge is 0.326 e. The average Bonchev–Trinajstić information content (AvgIpc) is 3.19. The van der Waals surface area contributed by atoms with E-state index < -0.39 is 10.0 Å². The molecule has 0 fully saturated rings. The van der Waals surface area contributed by atoms with E-state index >= 15 is 0 Å². The van der Waals surface area contributed by atoms with Crippen LogP contribution in [0.15, 0.2) is 71.6 Å². The third-order valence-electron chi connectivity index (χ3n) is 5.52. The fraction of sp³-hybridized carbons (Fsp3) is 0.240. The van der Waals surface area contributed by atoms with Crippen molar-refractivity contribution in [2.45, 2.75) is 44.0 Å². The molecule has 1 aliphatic rings. The maximum Gasteiger partial charge on any atom is 0.277 e. The van der Waals surface area contributed by atoms with E-state index in [1.54, 1.807) is 48.5 Å². The molecule has 2 N–H and O–H groups in total. The molecule has 4 rings (SSSR count). The van der Waals surface area contributed by atoms with Crippen LogP contribution in [0.4, 0.5) is 15.8 Å². The number of carbonyl (C=O) groups is 1. The van der Waals surface area contributed by atoms with Gasteiger partial charge in [-0.2, -0.15) is 12.8 Å². The number of rotatable bonds is 5.